The molecule has 1 N–H and O–H groups in total. The number of hydrogen-bond acceptors (Lipinski definition) is 3. The maximum atomic E-state index is 10.5. The zero-order valence-corrected chi connectivity index (χ0v) is 9.21. The zero-order chi connectivity index (χ0) is 10.0. The maximum absolute atomic E-state index is 10.5. The summed E-state index contributed by atoms with van der Waals surface area (Å²) in [6, 6.07) is 0. The van der Waals surface area contributed by atoms with Crippen LogP contribution in [0.2, 0.25) is 0 Å². The second kappa shape index (κ2) is 4.17. The van der Waals surface area contributed by atoms with Gasteiger partial charge in [0.25, 0.3) is 0 Å². The topological polar surface area (TPSA) is 26.7 Å². The van der Waals surface area contributed by atoms with E-state index >= 15 is 0 Å². The van der Waals surface area contributed by atoms with Crippen LogP contribution in [-0.2, 0) is 0 Å². The first-order valence-electron chi connectivity index (χ1n) is 5.87. The average Bonchev–Trinajstić information content (AvgIpc) is 2.19. The maximum Gasteiger partial charge on any atom is 0.118 e. The Morgan fingerprint density at radius 3 is 2.07 bits per heavy atom. The molecular formula is C11H22N2O. The first-order valence-corrected chi connectivity index (χ1v) is 5.87. The van der Waals surface area contributed by atoms with E-state index in [0.717, 1.165) is 39.0 Å². The number of hydrogen-bond donors (Lipinski definition) is 1. The van der Waals surface area contributed by atoms with Crippen LogP contribution in [0.3, 0.4) is 0 Å². The molecule has 0 atom stereocenters. The van der Waals surface area contributed by atoms with Gasteiger partial charge in [0, 0.05) is 26.2 Å². The number of rotatable bonds is 1. The summed E-state index contributed by atoms with van der Waals surface area (Å²) in [5.41, 5.74) is -0.459. The van der Waals surface area contributed by atoms with Gasteiger partial charge in [-0.25, -0.2) is 0 Å². The second-order valence-electron chi connectivity index (χ2n) is 4.83. The highest BCUT2D eigenvalue weighted by Gasteiger charge is 2.36. The van der Waals surface area contributed by atoms with Gasteiger partial charge in [0.1, 0.15) is 5.72 Å². The summed E-state index contributed by atoms with van der Waals surface area (Å²) in [7, 11) is 2.16. The van der Waals surface area contributed by atoms with Crippen molar-refractivity contribution in [2.45, 2.75) is 37.8 Å². The Balaban J connectivity index is 1.92. The van der Waals surface area contributed by atoms with Gasteiger partial charge in [0.05, 0.1) is 0 Å². The van der Waals surface area contributed by atoms with E-state index in [0.29, 0.717) is 0 Å². The van der Waals surface area contributed by atoms with Crippen LogP contribution in [-0.4, -0.2) is 53.9 Å². The predicted molar refractivity (Wildman–Crippen MR) is 57.1 cm³/mol. The van der Waals surface area contributed by atoms with Crippen LogP contribution < -0.4 is 0 Å². The molecule has 1 heterocycles. The molecule has 1 aliphatic carbocycles. The Morgan fingerprint density at radius 2 is 1.50 bits per heavy atom. The van der Waals surface area contributed by atoms with E-state index in [1.165, 1.54) is 19.3 Å². The van der Waals surface area contributed by atoms with Gasteiger partial charge in [0.2, 0.25) is 0 Å². The van der Waals surface area contributed by atoms with Crippen LogP contribution in [0.1, 0.15) is 32.1 Å². The summed E-state index contributed by atoms with van der Waals surface area (Å²) >= 11 is 0. The number of likely N-dealkylation sites (N-methyl/N-ethyl adjacent to an activating group) is 1. The van der Waals surface area contributed by atoms with Crippen LogP contribution in [0.5, 0.6) is 0 Å². The minimum atomic E-state index is -0.459. The first-order chi connectivity index (χ1) is 6.71. The fourth-order valence-corrected chi connectivity index (χ4v) is 2.66. The lowest BCUT2D eigenvalue weighted by molar-refractivity contribution is -0.143. The molecule has 0 aromatic rings. The Hall–Kier alpha value is -0.120. The second-order valence-corrected chi connectivity index (χ2v) is 4.83. The lowest BCUT2D eigenvalue weighted by Gasteiger charge is -2.45. The van der Waals surface area contributed by atoms with Crippen LogP contribution >= 0.6 is 0 Å². The highest BCUT2D eigenvalue weighted by molar-refractivity contribution is 4.85. The van der Waals surface area contributed by atoms with Crippen LogP contribution in [0.4, 0.5) is 0 Å². The van der Waals surface area contributed by atoms with Crippen molar-refractivity contribution in [3.05, 3.63) is 0 Å². The molecule has 0 unspecified atom stereocenters. The summed E-state index contributed by atoms with van der Waals surface area (Å²) in [6.07, 6.45) is 5.66. The number of piperazine rings is 1. The van der Waals surface area contributed by atoms with Crippen molar-refractivity contribution in [2.24, 2.45) is 0 Å². The molecule has 14 heavy (non-hydrogen) atoms. The number of aliphatic hydroxyl groups is 1. The van der Waals surface area contributed by atoms with Gasteiger partial charge in [0.15, 0.2) is 0 Å². The molecule has 2 rings (SSSR count). The quantitative estimate of drug-likeness (QED) is 0.678. The average molecular weight is 198 g/mol. The van der Waals surface area contributed by atoms with Gasteiger partial charge >= 0.3 is 0 Å². The van der Waals surface area contributed by atoms with Crippen LogP contribution in [0.15, 0.2) is 0 Å². The van der Waals surface area contributed by atoms with Gasteiger partial charge in [-0.3, -0.25) is 4.90 Å². The fourth-order valence-electron chi connectivity index (χ4n) is 2.66. The SMILES string of the molecule is CN1CCN(C2(O)CCCCC2)CC1. The summed E-state index contributed by atoms with van der Waals surface area (Å²) < 4.78 is 0. The molecule has 1 aliphatic heterocycles. The Bertz CT molecular complexity index is 182. The molecule has 82 valence electrons. The fraction of sp³-hybridized carbons (Fsp3) is 1.00. The summed E-state index contributed by atoms with van der Waals surface area (Å²) in [6.45, 7) is 4.27. The molecule has 0 spiro atoms. The van der Waals surface area contributed by atoms with Crippen LogP contribution in [0, 0.1) is 0 Å². The molecule has 3 nitrogen and oxygen atoms in total. The smallest absolute Gasteiger partial charge is 0.118 e. The molecule has 0 radical (unpaired) electrons. The Morgan fingerprint density at radius 1 is 0.929 bits per heavy atom. The van der Waals surface area contributed by atoms with E-state index in [9.17, 15) is 5.11 Å². The van der Waals surface area contributed by atoms with Crippen molar-refractivity contribution in [1.29, 1.82) is 0 Å². The minimum Gasteiger partial charge on any atom is -0.376 e. The minimum absolute atomic E-state index is 0.459. The van der Waals surface area contributed by atoms with E-state index in [2.05, 4.69) is 16.8 Å². The lowest BCUT2D eigenvalue weighted by atomic mass is 9.90. The van der Waals surface area contributed by atoms with Gasteiger partial charge < -0.3 is 10.0 Å². The van der Waals surface area contributed by atoms with Crippen molar-refractivity contribution in [1.82, 2.24) is 9.80 Å². The molecule has 0 aromatic carbocycles. The van der Waals surface area contributed by atoms with E-state index in [1.54, 1.807) is 0 Å². The molecule has 1 saturated heterocycles. The van der Waals surface area contributed by atoms with Crippen molar-refractivity contribution >= 4 is 0 Å². The Labute approximate surface area is 86.7 Å². The molecule has 0 bridgehead atoms. The highest BCUT2D eigenvalue weighted by atomic mass is 16.3. The largest absolute Gasteiger partial charge is 0.376 e. The summed E-state index contributed by atoms with van der Waals surface area (Å²) in [4.78, 5) is 4.63. The molecule has 3 heteroatoms. The normalized spacial score (nSPS) is 30.4. The third-order valence-corrected chi connectivity index (χ3v) is 3.75. The van der Waals surface area contributed by atoms with Crippen molar-refractivity contribution in [2.75, 3.05) is 33.2 Å². The van der Waals surface area contributed by atoms with Crippen molar-refractivity contribution in [3.63, 3.8) is 0 Å². The van der Waals surface area contributed by atoms with Crippen molar-refractivity contribution < 1.29 is 5.11 Å². The predicted octanol–water partition coefficient (Wildman–Crippen LogP) is 0.886. The third-order valence-electron chi connectivity index (χ3n) is 3.75. The van der Waals surface area contributed by atoms with Gasteiger partial charge in [-0.05, 0) is 32.7 Å². The lowest BCUT2D eigenvalue weighted by Crippen LogP contribution is -2.57. The van der Waals surface area contributed by atoms with Gasteiger partial charge in [-0.2, -0.15) is 0 Å². The van der Waals surface area contributed by atoms with Crippen molar-refractivity contribution in [3.8, 4) is 0 Å². The van der Waals surface area contributed by atoms with E-state index in [1.807, 2.05) is 0 Å². The summed E-state index contributed by atoms with van der Waals surface area (Å²) in [5, 5.41) is 10.5. The molecule has 0 amide bonds. The van der Waals surface area contributed by atoms with E-state index in [4.69, 9.17) is 0 Å². The summed E-state index contributed by atoms with van der Waals surface area (Å²) in [5.74, 6) is 0. The highest BCUT2D eigenvalue weighted by Crippen LogP contribution is 2.31. The van der Waals surface area contributed by atoms with E-state index in [-0.39, 0.29) is 0 Å². The zero-order valence-electron chi connectivity index (χ0n) is 9.21. The first kappa shape index (κ1) is 10.4. The number of nitrogens with zero attached hydrogens (tertiary/aromatic N) is 2. The van der Waals surface area contributed by atoms with E-state index < -0.39 is 5.72 Å². The molecule has 2 aliphatic rings. The van der Waals surface area contributed by atoms with Gasteiger partial charge in [-0.15, -0.1) is 0 Å². The molecule has 2 fully saturated rings. The third kappa shape index (κ3) is 2.10. The molecule has 1 saturated carbocycles. The molecular weight excluding hydrogens is 176 g/mol. The standard InChI is InChI=1S/C11H22N2O/c1-12-7-9-13(10-8-12)11(14)5-3-2-4-6-11/h14H,2-10H2,1H3. The molecule has 0 aromatic heterocycles. The monoisotopic (exact) mass is 198 g/mol. The van der Waals surface area contributed by atoms with Crippen LogP contribution in [0.25, 0.3) is 0 Å². The van der Waals surface area contributed by atoms with Gasteiger partial charge in [-0.1, -0.05) is 6.42 Å². The Kier molecular flexibility index (Phi) is 3.10.